The van der Waals surface area contributed by atoms with Crippen LogP contribution in [0.4, 0.5) is 0 Å². The van der Waals surface area contributed by atoms with Gasteiger partial charge in [-0.05, 0) is 42.4 Å². The van der Waals surface area contributed by atoms with Crippen LogP contribution in [0.2, 0.25) is 0 Å². The fourth-order valence-corrected chi connectivity index (χ4v) is 4.89. The summed E-state index contributed by atoms with van der Waals surface area (Å²) >= 11 is 0. The third-order valence-corrected chi connectivity index (χ3v) is 6.27. The molecule has 0 saturated heterocycles. The van der Waals surface area contributed by atoms with Gasteiger partial charge in [0.1, 0.15) is 11.6 Å². The van der Waals surface area contributed by atoms with Gasteiger partial charge in [-0.1, -0.05) is 18.6 Å². The molecule has 1 aromatic heterocycles. The van der Waals surface area contributed by atoms with E-state index in [-0.39, 0.29) is 0 Å². The van der Waals surface area contributed by atoms with Gasteiger partial charge in [0, 0.05) is 50.0 Å². The molecule has 4 atom stereocenters. The van der Waals surface area contributed by atoms with E-state index in [1.165, 1.54) is 24.8 Å². The molecule has 144 valence electrons. The van der Waals surface area contributed by atoms with Gasteiger partial charge in [0.25, 0.3) is 0 Å². The van der Waals surface area contributed by atoms with E-state index in [9.17, 15) is 0 Å². The summed E-state index contributed by atoms with van der Waals surface area (Å²) in [6, 6.07) is 9.18. The summed E-state index contributed by atoms with van der Waals surface area (Å²) < 4.78 is 10.4. The van der Waals surface area contributed by atoms with E-state index >= 15 is 0 Å². The third-order valence-electron chi connectivity index (χ3n) is 6.27. The molecule has 0 amide bonds. The van der Waals surface area contributed by atoms with Gasteiger partial charge >= 0.3 is 0 Å². The van der Waals surface area contributed by atoms with Crippen LogP contribution in [-0.4, -0.2) is 36.8 Å². The predicted octanol–water partition coefficient (Wildman–Crippen LogP) is 3.35. The lowest BCUT2D eigenvalue weighted by Gasteiger charge is -2.50. The Morgan fingerprint density at radius 2 is 1.78 bits per heavy atom. The maximum atomic E-state index is 5.32. The summed E-state index contributed by atoms with van der Waals surface area (Å²) in [5.41, 5.74) is 2.58. The highest BCUT2D eigenvalue weighted by Crippen LogP contribution is 2.56. The Bertz CT molecular complexity index is 732. The summed E-state index contributed by atoms with van der Waals surface area (Å²) in [4.78, 5) is 8.91. The number of fused-ring (bicyclic) bond motifs is 1. The lowest BCUT2D eigenvalue weighted by molar-refractivity contribution is 0.0940. The van der Waals surface area contributed by atoms with Crippen molar-refractivity contribution in [1.29, 1.82) is 0 Å². The van der Waals surface area contributed by atoms with Gasteiger partial charge in [0.15, 0.2) is 0 Å². The molecule has 0 aliphatic heterocycles. The van der Waals surface area contributed by atoms with Gasteiger partial charge < -0.3 is 14.8 Å². The molecule has 1 N–H and O–H groups in total. The fourth-order valence-electron chi connectivity index (χ4n) is 4.89. The van der Waals surface area contributed by atoms with Crippen molar-refractivity contribution in [2.24, 2.45) is 11.8 Å². The van der Waals surface area contributed by atoms with Gasteiger partial charge in [-0.2, -0.15) is 0 Å². The van der Waals surface area contributed by atoms with Crippen molar-refractivity contribution >= 4 is 0 Å². The standard InChI is InChI=1S/C22H29N3O2/c1-26-11-10-20-23-12-15(13-24-20)14-25-22-19-5-3-4-18(19)21(22)16-6-8-17(27-2)9-7-16/h6-9,12-13,18-19,21-22,25H,3-5,10-11,14H2,1-2H3/t18-,19+,21-,22-/m1/s1. The zero-order chi connectivity index (χ0) is 18.6. The van der Waals surface area contributed by atoms with Crippen LogP contribution in [0.3, 0.4) is 0 Å². The second-order valence-corrected chi connectivity index (χ2v) is 7.71. The largest absolute Gasteiger partial charge is 0.497 e. The highest BCUT2D eigenvalue weighted by molar-refractivity contribution is 5.34. The van der Waals surface area contributed by atoms with Crippen molar-refractivity contribution in [1.82, 2.24) is 15.3 Å². The van der Waals surface area contributed by atoms with Gasteiger partial charge in [-0.25, -0.2) is 9.97 Å². The molecule has 0 radical (unpaired) electrons. The monoisotopic (exact) mass is 367 g/mol. The molecular weight excluding hydrogens is 338 g/mol. The Morgan fingerprint density at radius 1 is 1.04 bits per heavy atom. The van der Waals surface area contributed by atoms with Crippen molar-refractivity contribution in [2.45, 2.75) is 44.2 Å². The van der Waals surface area contributed by atoms with Crippen LogP contribution in [0, 0.1) is 11.8 Å². The Hall–Kier alpha value is -1.98. The van der Waals surface area contributed by atoms with E-state index in [2.05, 4.69) is 39.6 Å². The molecule has 2 aliphatic carbocycles. The van der Waals surface area contributed by atoms with Crippen molar-refractivity contribution < 1.29 is 9.47 Å². The molecule has 0 spiro atoms. The van der Waals surface area contributed by atoms with Crippen LogP contribution in [0.15, 0.2) is 36.7 Å². The van der Waals surface area contributed by atoms with Crippen LogP contribution in [0.25, 0.3) is 0 Å². The van der Waals surface area contributed by atoms with Crippen LogP contribution < -0.4 is 10.1 Å². The van der Waals surface area contributed by atoms with E-state index in [4.69, 9.17) is 9.47 Å². The number of hydrogen-bond acceptors (Lipinski definition) is 5. The molecule has 1 heterocycles. The van der Waals surface area contributed by atoms with Gasteiger partial charge in [-0.15, -0.1) is 0 Å². The van der Waals surface area contributed by atoms with E-state index in [1.807, 2.05) is 12.4 Å². The maximum absolute atomic E-state index is 5.32. The first-order valence-electron chi connectivity index (χ1n) is 9.96. The number of benzene rings is 1. The number of hydrogen-bond donors (Lipinski definition) is 1. The Balaban J connectivity index is 1.40. The lowest BCUT2D eigenvalue weighted by Crippen LogP contribution is -2.54. The van der Waals surface area contributed by atoms with Crippen LogP contribution in [0.5, 0.6) is 5.75 Å². The highest BCUT2D eigenvalue weighted by Gasteiger charge is 2.52. The van der Waals surface area contributed by atoms with E-state index < -0.39 is 0 Å². The summed E-state index contributed by atoms with van der Waals surface area (Å²) in [6.45, 7) is 1.48. The van der Waals surface area contributed by atoms with Crippen molar-refractivity contribution in [3.05, 3.63) is 53.6 Å². The first kappa shape index (κ1) is 18.4. The summed E-state index contributed by atoms with van der Waals surface area (Å²) in [7, 11) is 3.42. The zero-order valence-corrected chi connectivity index (χ0v) is 16.2. The minimum absolute atomic E-state index is 0.541. The molecule has 0 unspecified atom stereocenters. The average Bonchev–Trinajstić information content (AvgIpc) is 3.11. The average molecular weight is 367 g/mol. The number of methoxy groups -OCH3 is 2. The molecule has 4 rings (SSSR count). The Labute approximate surface area is 161 Å². The number of nitrogens with one attached hydrogen (secondary N) is 1. The zero-order valence-electron chi connectivity index (χ0n) is 16.2. The van der Waals surface area contributed by atoms with Gasteiger partial charge in [0.05, 0.1) is 13.7 Å². The van der Waals surface area contributed by atoms with Gasteiger partial charge in [0.2, 0.25) is 0 Å². The second kappa shape index (κ2) is 8.36. The Kier molecular flexibility index (Phi) is 5.69. The number of rotatable bonds is 8. The summed E-state index contributed by atoms with van der Waals surface area (Å²) in [5, 5.41) is 3.81. The molecule has 2 fully saturated rings. The minimum Gasteiger partial charge on any atom is -0.497 e. The molecule has 1 aromatic carbocycles. The van der Waals surface area contributed by atoms with E-state index in [1.54, 1.807) is 14.2 Å². The molecule has 2 aromatic rings. The van der Waals surface area contributed by atoms with Gasteiger partial charge in [-0.3, -0.25) is 0 Å². The maximum Gasteiger partial charge on any atom is 0.130 e. The fraction of sp³-hybridized carbons (Fsp3) is 0.545. The smallest absolute Gasteiger partial charge is 0.130 e. The number of ether oxygens (including phenoxy) is 2. The van der Waals surface area contributed by atoms with Crippen molar-refractivity contribution in [2.75, 3.05) is 20.8 Å². The normalized spacial score (nSPS) is 26.4. The SMILES string of the molecule is COCCc1ncc(CN[C@@H]2[C@H]3CCC[C@H]3[C@H]2c2ccc(OC)cc2)cn1. The van der Waals surface area contributed by atoms with E-state index in [0.717, 1.165) is 41.9 Å². The molecule has 5 heteroatoms. The molecule has 2 aliphatic rings. The Morgan fingerprint density at radius 3 is 2.48 bits per heavy atom. The molecule has 27 heavy (non-hydrogen) atoms. The highest BCUT2D eigenvalue weighted by atomic mass is 16.5. The van der Waals surface area contributed by atoms with Crippen LogP contribution >= 0.6 is 0 Å². The van der Waals surface area contributed by atoms with Crippen LogP contribution in [-0.2, 0) is 17.7 Å². The quantitative estimate of drug-likeness (QED) is 0.775. The predicted molar refractivity (Wildman–Crippen MR) is 105 cm³/mol. The van der Waals surface area contributed by atoms with Crippen molar-refractivity contribution in [3.8, 4) is 5.75 Å². The molecule has 0 bridgehead atoms. The number of nitrogens with zero attached hydrogens (tertiary/aromatic N) is 2. The van der Waals surface area contributed by atoms with Crippen molar-refractivity contribution in [3.63, 3.8) is 0 Å². The molecular formula is C22H29N3O2. The first-order chi connectivity index (χ1) is 13.3. The minimum atomic E-state index is 0.541. The number of aromatic nitrogens is 2. The molecule has 5 nitrogen and oxygen atoms in total. The summed E-state index contributed by atoms with van der Waals surface area (Å²) in [5.74, 6) is 4.00. The summed E-state index contributed by atoms with van der Waals surface area (Å²) in [6.07, 6.45) is 8.71. The first-order valence-corrected chi connectivity index (χ1v) is 9.96. The third kappa shape index (κ3) is 3.85. The second-order valence-electron chi connectivity index (χ2n) is 7.71. The molecule has 2 saturated carbocycles. The lowest BCUT2D eigenvalue weighted by atomic mass is 9.60. The topological polar surface area (TPSA) is 56.3 Å². The van der Waals surface area contributed by atoms with E-state index in [0.29, 0.717) is 18.6 Å². The van der Waals surface area contributed by atoms with Crippen LogP contribution in [0.1, 0.15) is 42.1 Å².